The Morgan fingerprint density at radius 2 is 1.42 bits per heavy atom. The van der Waals surface area contributed by atoms with E-state index in [-0.39, 0.29) is 34.2 Å². The van der Waals surface area contributed by atoms with Crippen molar-refractivity contribution in [2.24, 2.45) is 32.8 Å². The van der Waals surface area contributed by atoms with Crippen molar-refractivity contribution < 1.29 is 19.8 Å². The minimum absolute atomic E-state index is 0.0192. The zero-order chi connectivity index (χ0) is 49.0. The van der Waals surface area contributed by atoms with Crippen LogP contribution in [0.5, 0.6) is 0 Å². The average molecular weight is 885 g/mol. The fourth-order valence-corrected chi connectivity index (χ4v) is 6.15. The van der Waals surface area contributed by atoms with E-state index in [1.165, 1.54) is 0 Å². The number of unbranched alkanes of at least 4 members (excludes halogenated alkanes) is 1. The van der Waals surface area contributed by atoms with Gasteiger partial charge in [0.25, 0.3) is 0 Å². The van der Waals surface area contributed by atoms with Crippen LogP contribution in [-0.4, -0.2) is 71.8 Å². The number of aliphatic hydroxyl groups is 2. The quantitative estimate of drug-likeness (QED) is 0.142. The lowest BCUT2D eigenvalue weighted by molar-refractivity contribution is -0.119. The number of aryl methyl sites for hydroxylation is 1. The average Bonchev–Trinajstić information content (AvgIpc) is 3.51. The van der Waals surface area contributed by atoms with Gasteiger partial charge in [0.2, 0.25) is 5.91 Å². The highest BCUT2D eigenvalue weighted by Crippen LogP contribution is 2.31. The first-order valence-electron chi connectivity index (χ1n) is 23.4. The molecule has 1 aliphatic carbocycles. The number of nitrogens with zero attached hydrogens (tertiary/aromatic N) is 5. The Bertz CT molecular complexity index is 1990. The van der Waals surface area contributed by atoms with Crippen LogP contribution in [0.15, 0.2) is 36.5 Å². The van der Waals surface area contributed by atoms with Gasteiger partial charge in [0, 0.05) is 74.3 Å². The second-order valence-electron chi connectivity index (χ2n) is 23.2. The smallest absolute Gasteiger partial charge is 0.217 e. The molecule has 0 spiro atoms. The molecule has 64 heavy (non-hydrogen) atoms. The summed E-state index contributed by atoms with van der Waals surface area (Å²) in [5.41, 5.74) is 7.29. The third-order valence-electron chi connectivity index (χ3n) is 9.84. The van der Waals surface area contributed by atoms with Crippen molar-refractivity contribution in [2.75, 3.05) is 19.7 Å². The summed E-state index contributed by atoms with van der Waals surface area (Å²) < 4.78 is 2.22. The fraction of sp³-hybridized carbons (Fsp3) is 0.685. The van der Waals surface area contributed by atoms with Crippen LogP contribution in [0.2, 0.25) is 0 Å². The number of hydrogen-bond acceptors (Lipinski definition) is 8. The van der Waals surface area contributed by atoms with Crippen molar-refractivity contribution >= 4 is 22.6 Å². The van der Waals surface area contributed by atoms with Gasteiger partial charge in [-0.3, -0.25) is 19.5 Å². The molecule has 1 fully saturated rings. The van der Waals surface area contributed by atoms with Crippen LogP contribution in [-0.2, 0) is 29.1 Å². The number of primary amides is 1. The molecule has 3 heterocycles. The van der Waals surface area contributed by atoms with Crippen molar-refractivity contribution in [3.8, 4) is 23.7 Å². The van der Waals surface area contributed by atoms with Crippen LogP contribution < -0.4 is 5.73 Å². The molecule has 0 saturated heterocycles. The molecule has 0 unspecified atom stereocenters. The van der Waals surface area contributed by atoms with Crippen LogP contribution in [0.25, 0.3) is 10.9 Å². The monoisotopic (exact) mass is 885 g/mol. The Kier molecular flexibility index (Phi) is 23.7. The highest BCUT2D eigenvalue weighted by Gasteiger charge is 2.32. The number of carbonyl (C=O) groups excluding carboxylic acids is 2. The van der Waals surface area contributed by atoms with Gasteiger partial charge in [0.1, 0.15) is 23.0 Å². The van der Waals surface area contributed by atoms with Gasteiger partial charge in [-0.2, -0.15) is 0 Å². The van der Waals surface area contributed by atoms with Crippen LogP contribution in [0.3, 0.4) is 0 Å². The van der Waals surface area contributed by atoms with Gasteiger partial charge in [-0.05, 0) is 121 Å². The number of Topliss-reactive ketones (excluding diaryl/α,β-unsaturated/α-hetero) is 1. The maximum Gasteiger partial charge on any atom is 0.217 e. The van der Waals surface area contributed by atoms with Gasteiger partial charge in [-0.25, -0.2) is 0 Å². The maximum absolute atomic E-state index is 12.0. The number of nitrogens with two attached hydrogens (primary N) is 1. The number of carbonyl (C=O) groups is 2. The molecule has 358 valence electrons. The zero-order valence-corrected chi connectivity index (χ0v) is 43.1. The highest BCUT2D eigenvalue weighted by atomic mass is 16.3. The first-order chi connectivity index (χ1) is 29.3. The molecule has 2 aliphatic rings. The minimum Gasteiger partial charge on any atom is -0.396 e. The summed E-state index contributed by atoms with van der Waals surface area (Å²) in [5.74, 6) is 14.4. The number of amides is 1. The molecule has 1 aliphatic heterocycles. The predicted molar refractivity (Wildman–Crippen MR) is 266 cm³/mol. The minimum atomic E-state index is -0.632. The molecule has 3 aromatic rings. The van der Waals surface area contributed by atoms with Crippen molar-refractivity contribution in [1.82, 2.24) is 24.6 Å². The molecule has 2 aromatic heterocycles. The van der Waals surface area contributed by atoms with Gasteiger partial charge >= 0.3 is 0 Å². The normalized spacial score (nSPS) is 14.6. The lowest BCUT2D eigenvalue weighted by Gasteiger charge is -2.32. The Labute approximate surface area is 389 Å². The van der Waals surface area contributed by atoms with E-state index < -0.39 is 5.60 Å². The van der Waals surface area contributed by atoms with Gasteiger partial charge in [0.05, 0.1) is 12.1 Å². The van der Waals surface area contributed by atoms with Crippen molar-refractivity contribution in [3.63, 3.8) is 0 Å². The number of fused-ring (bicyclic) bond motifs is 2. The molecule has 0 radical (unpaired) electrons. The number of aliphatic hydroxyl groups excluding tert-OH is 1. The molecular formula is C54H88N6O4. The maximum atomic E-state index is 12.0. The SMILES string of the molecule is CC(C)(C)C#CC1(O)CCC1.CC(C)(C)C#CCCCO.CC(C)(C)CCC(=O)Cc1ccc2cccnc2c1.CC(C)(C)CCC(N)=O.Cc1nnc2n1CCN(CC(C)(C)C)C2. The van der Waals surface area contributed by atoms with E-state index in [9.17, 15) is 14.7 Å². The summed E-state index contributed by atoms with van der Waals surface area (Å²) in [5, 5.41) is 27.5. The Morgan fingerprint density at radius 1 is 0.812 bits per heavy atom. The summed E-state index contributed by atoms with van der Waals surface area (Å²) in [6, 6.07) is 10.0. The summed E-state index contributed by atoms with van der Waals surface area (Å²) in [7, 11) is 0. The number of ketones is 1. The van der Waals surface area contributed by atoms with Crippen LogP contribution >= 0.6 is 0 Å². The lowest BCUT2D eigenvalue weighted by atomic mass is 9.80. The molecule has 1 amide bonds. The van der Waals surface area contributed by atoms with Gasteiger partial charge in [0.15, 0.2) is 0 Å². The first kappa shape index (κ1) is 57.9. The number of benzene rings is 1. The zero-order valence-electron chi connectivity index (χ0n) is 43.1. The van der Waals surface area contributed by atoms with Gasteiger partial charge in [-0.15, -0.1) is 16.1 Å². The second-order valence-corrected chi connectivity index (χ2v) is 23.2. The number of hydrogen-bond donors (Lipinski definition) is 3. The molecule has 0 bridgehead atoms. The van der Waals surface area contributed by atoms with E-state index in [4.69, 9.17) is 10.8 Å². The predicted octanol–water partition coefficient (Wildman–Crippen LogP) is 10.7. The third kappa shape index (κ3) is 28.7. The Morgan fingerprint density at radius 3 is 1.92 bits per heavy atom. The third-order valence-corrected chi connectivity index (χ3v) is 9.84. The number of aromatic nitrogens is 4. The second kappa shape index (κ2) is 26.2. The van der Waals surface area contributed by atoms with Gasteiger partial charge in [-0.1, -0.05) is 98.3 Å². The highest BCUT2D eigenvalue weighted by molar-refractivity contribution is 5.84. The van der Waals surface area contributed by atoms with E-state index in [0.29, 0.717) is 30.5 Å². The summed E-state index contributed by atoms with van der Waals surface area (Å²) in [4.78, 5) is 29.0. The topological polar surface area (TPSA) is 147 Å². The van der Waals surface area contributed by atoms with Crippen molar-refractivity contribution in [1.29, 1.82) is 0 Å². The summed E-state index contributed by atoms with van der Waals surface area (Å²) in [6.07, 6.45) is 9.72. The number of pyridine rings is 1. The lowest BCUT2D eigenvalue weighted by Crippen LogP contribution is -2.39. The molecule has 0 atom stereocenters. The van der Waals surface area contributed by atoms with E-state index in [1.807, 2.05) is 37.3 Å². The molecule has 10 nitrogen and oxygen atoms in total. The molecule has 10 heteroatoms. The van der Waals surface area contributed by atoms with E-state index in [0.717, 1.165) is 99.2 Å². The summed E-state index contributed by atoms with van der Waals surface area (Å²) >= 11 is 0. The molecule has 4 N–H and O–H groups in total. The molecular weight excluding hydrogens is 797 g/mol. The van der Waals surface area contributed by atoms with Crippen molar-refractivity contribution in [2.45, 2.75) is 194 Å². The molecule has 5 rings (SSSR count). The van der Waals surface area contributed by atoms with Crippen molar-refractivity contribution in [3.05, 3.63) is 53.7 Å². The Hall–Kier alpha value is -4.09. The van der Waals surface area contributed by atoms with E-state index in [1.54, 1.807) is 6.20 Å². The summed E-state index contributed by atoms with van der Waals surface area (Å²) in [6.45, 7) is 38.5. The van der Waals surface area contributed by atoms with E-state index in [2.05, 4.69) is 152 Å². The largest absolute Gasteiger partial charge is 0.396 e. The molecule has 1 aromatic carbocycles. The first-order valence-corrected chi connectivity index (χ1v) is 23.4. The number of rotatable bonds is 9. The molecule has 1 saturated carbocycles. The van der Waals surface area contributed by atoms with E-state index >= 15 is 0 Å². The van der Waals surface area contributed by atoms with Crippen LogP contribution in [0.4, 0.5) is 0 Å². The fourth-order valence-electron chi connectivity index (χ4n) is 6.15. The Balaban J connectivity index is 0.000000413. The standard InChI is InChI=1S/C17H21NO.C11H20N4.C10H16O.C9H16O.C7H15NO/c1-17(2,3)9-8-15(19)11-13-6-7-14-5-4-10-18-16(14)12-13;1-9-12-13-10-7-14(5-6-15(9)10)8-11(2,3)4;1-9(2,3)7-8-10(11)5-4-6-10;1-9(2,3)7-5-4-6-8-10;1-7(2,3)5-4-6(8)9/h4-7,10,12H,8-9,11H2,1-3H3;5-8H2,1-4H3;11H,4-6H2,1-3H3;10H,4,6,8H2,1-3H3;4-5H2,1-3H3,(H2,8,9). The van der Waals surface area contributed by atoms with Gasteiger partial charge < -0.3 is 20.5 Å². The van der Waals surface area contributed by atoms with Crippen LogP contribution in [0, 0.1) is 57.7 Å². The van der Waals surface area contributed by atoms with Crippen LogP contribution in [0.1, 0.15) is 179 Å².